The summed E-state index contributed by atoms with van der Waals surface area (Å²) in [6.07, 6.45) is 1.08. The highest BCUT2D eigenvalue weighted by atomic mass is 16.6. The quantitative estimate of drug-likeness (QED) is 0.299. The number of carboxylic acids is 1. The molecule has 0 spiro atoms. The van der Waals surface area contributed by atoms with Crippen LogP contribution in [0.15, 0.2) is 48.5 Å². The van der Waals surface area contributed by atoms with E-state index in [1.165, 1.54) is 0 Å². The molecule has 0 aromatic heterocycles. The molecule has 34 heavy (non-hydrogen) atoms. The Balaban J connectivity index is 1.63. The topological polar surface area (TPSA) is 138 Å². The van der Waals surface area contributed by atoms with Crippen molar-refractivity contribution in [2.24, 2.45) is 23.5 Å². The maximum absolute atomic E-state index is 14.0. The number of nitrogens with two attached hydrogens (primary N) is 1. The molecule has 2 aromatic carbocycles. The number of nitrogens with one attached hydrogen (secondary N) is 3. The van der Waals surface area contributed by atoms with Gasteiger partial charge in [0.05, 0.1) is 5.92 Å². The van der Waals surface area contributed by atoms with Crippen LogP contribution in [0.4, 0.5) is 0 Å². The first-order valence-corrected chi connectivity index (χ1v) is 11.7. The highest BCUT2D eigenvalue weighted by Crippen LogP contribution is 2.39. The van der Waals surface area contributed by atoms with Gasteiger partial charge in [-0.1, -0.05) is 43.3 Å². The van der Waals surface area contributed by atoms with Crippen molar-refractivity contribution in [2.75, 3.05) is 19.6 Å². The molecule has 0 radical (unpaired) electrons. The van der Waals surface area contributed by atoms with Crippen LogP contribution in [-0.2, 0) is 9.59 Å². The summed E-state index contributed by atoms with van der Waals surface area (Å²) in [5.74, 6) is -1.20. The number of carbonyl (C=O) groups is 2. The van der Waals surface area contributed by atoms with E-state index in [4.69, 9.17) is 16.0 Å². The van der Waals surface area contributed by atoms with Crippen molar-refractivity contribution in [3.63, 3.8) is 0 Å². The molecule has 2 heterocycles. The molecule has 2 aliphatic rings. The van der Waals surface area contributed by atoms with Gasteiger partial charge in [0, 0.05) is 42.0 Å². The van der Waals surface area contributed by atoms with Gasteiger partial charge in [-0.15, -0.1) is 0 Å². The van der Waals surface area contributed by atoms with E-state index < -0.39 is 17.8 Å². The molecule has 2 aromatic rings. The van der Waals surface area contributed by atoms with Crippen LogP contribution < -0.4 is 21.4 Å². The van der Waals surface area contributed by atoms with Gasteiger partial charge in [0.2, 0.25) is 0 Å². The van der Waals surface area contributed by atoms with Crippen LogP contribution in [0.1, 0.15) is 48.3 Å². The number of carboxylic acid groups (broad SMARTS) is 1. The molecule has 5 unspecified atom stereocenters. The lowest BCUT2D eigenvalue weighted by Crippen LogP contribution is -2.41. The van der Waals surface area contributed by atoms with Gasteiger partial charge >= 0.3 is 5.97 Å². The highest BCUT2D eigenvalue weighted by molar-refractivity contribution is 5.96. The van der Waals surface area contributed by atoms with Crippen molar-refractivity contribution >= 4 is 17.6 Å². The average molecular weight is 465 g/mol. The molecule has 5 atom stereocenters. The SMILES string of the molecule is CC(C(=O)C(CC1CNCC(C(=O)O)C1)c1cccc(C(=N)N)c1)C1CNOc2ccccc21. The Morgan fingerprint density at radius 3 is 2.74 bits per heavy atom. The van der Waals surface area contributed by atoms with Gasteiger partial charge in [0.25, 0.3) is 0 Å². The van der Waals surface area contributed by atoms with E-state index in [-0.39, 0.29) is 29.4 Å². The fourth-order valence-corrected chi connectivity index (χ4v) is 5.23. The van der Waals surface area contributed by atoms with Gasteiger partial charge in [-0.3, -0.25) is 15.0 Å². The van der Waals surface area contributed by atoms with E-state index in [0.717, 1.165) is 16.9 Å². The Hall–Kier alpha value is -3.23. The number of hydrogen-bond donors (Lipinski definition) is 5. The molecule has 6 N–H and O–H groups in total. The number of nitrogen functional groups attached to an aromatic ring is 1. The summed E-state index contributed by atoms with van der Waals surface area (Å²) in [7, 11) is 0. The number of hydrogen-bond acceptors (Lipinski definition) is 6. The first kappa shape index (κ1) is 23.9. The van der Waals surface area contributed by atoms with E-state index >= 15 is 0 Å². The van der Waals surface area contributed by atoms with E-state index in [1.807, 2.05) is 49.4 Å². The summed E-state index contributed by atoms with van der Waals surface area (Å²) in [6, 6.07) is 15.0. The average Bonchev–Trinajstić information content (AvgIpc) is 2.86. The lowest BCUT2D eigenvalue weighted by molar-refractivity contribution is -0.142. The Morgan fingerprint density at radius 1 is 1.18 bits per heavy atom. The van der Waals surface area contributed by atoms with Crippen molar-refractivity contribution in [1.82, 2.24) is 10.8 Å². The largest absolute Gasteiger partial charge is 0.481 e. The van der Waals surface area contributed by atoms with Crippen molar-refractivity contribution in [3.8, 4) is 5.75 Å². The van der Waals surface area contributed by atoms with Crippen LogP contribution in [0, 0.1) is 23.2 Å². The summed E-state index contributed by atoms with van der Waals surface area (Å²) in [5.41, 5.74) is 11.1. The molecule has 8 nitrogen and oxygen atoms in total. The minimum absolute atomic E-state index is 0.0473. The Labute approximate surface area is 199 Å². The molecule has 0 bridgehead atoms. The van der Waals surface area contributed by atoms with Gasteiger partial charge in [-0.05, 0) is 43.0 Å². The minimum atomic E-state index is -0.808. The number of piperidine rings is 1. The summed E-state index contributed by atoms with van der Waals surface area (Å²) in [5, 5.41) is 20.6. The third-order valence-electron chi connectivity index (χ3n) is 7.16. The van der Waals surface area contributed by atoms with Crippen molar-refractivity contribution in [1.29, 1.82) is 5.41 Å². The Kier molecular flexibility index (Phi) is 7.29. The molecular formula is C26H32N4O4. The molecule has 0 amide bonds. The minimum Gasteiger partial charge on any atom is -0.481 e. The van der Waals surface area contributed by atoms with E-state index in [9.17, 15) is 14.7 Å². The number of amidine groups is 1. The zero-order chi connectivity index (χ0) is 24.2. The van der Waals surface area contributed by atoms with Crippen LogP contribution in [0.2, 0.25) is 0 Å². The number of aliphatic carboxylic acids is 1. The lowest BCUT2D eigenvalue weighted by atomic mass is 9.73. The molecule has 4 rings (SSSR count). The van der Waals surface area contributed by atoms with Crippen molar-refractivity contribution in [2.45, 2.75) is 31.6 Å². The van der Waals surface area contributed by atoms with E-state index in [0.29, 0.717) is 38.0 Å². The molecule has 0 saturated carbocycles. The lowest BCUT2D eigenvalue weighted by Gasteiger charge is -2.34. The number of Topliss-reactive ketones (excluding diaryl/α,β-unsaturated/α-hetero) is 1. The first-order valence-electron chi connectivity index (χ1n) is 11.7. The van der Waals surface area contributed by atoms with Gasteiger partial charge in [-0.2, -0.15) is 5.48 Å². The number of para-hydroxylation sites is 1. The van der Waals surface area contributed by atoms with Crippen molar-refractivity contribution in [3.05, 3.63) is 65.2 Å². The number of hydroxylamine groups is 1. The number of benzene rings is 2. The normalized spacial score (nSPS) is 23.7. The zero-order valence-corrected chi connectivity index (χ0v) is 19.3. The van der Waals surface area contributed by atoms with Crippen LogP contribution in [0.25, 0.3) is 0 Å². The van der Waals surface area contributed by atoms with Gasteiger partial charge < -0.3 is 21.0 Å². The second-order valence-electron chi connectivity index (χ2n) is 9.41. The molecule has 180 valence electrons. The van der Waals surface area contributed by atoms with Gasteiger partial charge in [0.15, 0.2) is 5.75 Å². The number of fused-ring (bicyclic) bond motifs is 1. The van der Waals surface area contributed by atoms with Gasteiger partial charge in [-0.25, -0.2) is 0 Å². The van der Waals surface area contributed by atoms with Crippen LogP contribution in [-0.4, -0.2) is 42.3 Å². The smallest absolute Gasteiger partial charge is 0.307 e. The summed E-state index contributed by atoms with van der Waals surface area (Å²) in [6.45, 7) is 3.61. The molecule has 8 heteroatoms. The predicted molar refractivity (Wildman–Crippen MR) is 129 cm³/mol. The summed E-state index contributed by atoms with van der Waals surface area (Å²) in [4.78, 5) is 31.2. The molecule has 2 aliphatic heterocycles. The molecular weight excluding hydrogens is 432 g/mol. The number of rotatable bonds is 8. The second kappa shape index (κ2) is 10.4. The zero-order valence-electron chi connectivity index (χ0n) is 19.3. The van der Waals surface area contributed by atoms with E-state index in [2.05, 4.69) is 10.8 Å². The summed E-state index contributed by atoms with van der Waals surface area (Å²) < 4.78 is 0. The Morgan fingerprint density at radius 2 is 1.97 bits per heavy atom. The fraction of sp³-hybridized carbons (Fsp3) is 0.423. The third-order valence-corrected chi connectivity index (χ3v) is 7.16. The molecule has 1 fully saturated rings. The summed E-state index contributed by atoms with van der Waals surface area (Å²) >= 11 is 0. The highest BCUT2D eigenvalue weighted by Gasteiger charge is 2.37. The fourth-order valence-electron chi connectivity index (χ4n) is 5.23. The number of carbonyl (C=O) groups excluding carboxylic acids is 1. The molecule has 1 saturated heterocycles. The standard InChI is InChI=1S/C26H32N4O4/c1-15(22-14-30-34-23-8-3-2-7-20(22)23)24(31)21(17-5-4-6-18(11-17)25(27)28)10-16-9-19(26(32)33)13-29-12-16/h2-8,11,15-16,19,21-22,29-30H,9-10,12-14H2,1H3,(H3,27,28)(H,32,33). The monoisotopic (exact) mass is 464 g/mol. The predicted octanol–water partition coefficient (Wildman–Crippen LogP) is 2.64. The van der Waals surface area contributed by atoms with Crippen molar-refractivity contribution < 1.29 is 19.5 Å². The maximum atomic E-state index is 14.0. The van der Waals surface area contributed by atoms with Crippen LogP contribution in [0.5, 0.6) is 5.75 Å². The number of ketones is 1. The second-order valence-corrected chi connectivity index (χ2v) is 9.41. The van der Waals surface area contributed by atoms with Gasteiger partial charge in [0.1, 0.15) is 11.6 Å². The molecule has 0 aliphatic carbocycles. The third kappa shape index (κ3) is 5.13. The van der Waals surface area contributed by atoms with Crippen LogP contribution >= 0.6 is 0 Å². The first-order chi connectivity index (χ1) is 16.3. The maximum Gasteiger partial charge on any atom is 0.307 e. The van der Waals surface area contributed by atoms with Crippen LogP contribution in [0.3, 0.4) is 0 Å². The Bertz CT molecular complexity index is 1070. The van der Waals surface area contributed by atoms with E-state index in [1.54, 1.807) is 6.07 Å².